The second-order valence-electron chi connectivity index (χ2n) is 8.04. The highest BCUT2D eigenvalue weighted by atomic mass is 16.3. The number of aromatic nitrogens is 5. The van der Waals surface area contributed by atoms with Crippen molar-refractivity contribution >= 4 is 34.1 Å². The zero-order chi connectivity index (χ0) is 24.4. The van der Waals surface area contributed by atoms with Gasteiger partial charge in [-0.3, -0.25) is 14.6 Å². The van der Waals surface area contributed by atoms with Gasteiger partial charge in [-0.05, 0) is 50.2 Å². The Morgan fingerprint density at radius 3 is 2.74 bits per heavy atom. The number of anilines is 3. The molecule has 0 aliphatic carbocycles. The van der Waals surface area contributed by atoms with Crippen molar-refractivity contribution < 1.29 is 9.21 Å². The van der Waals surface area contributed by atoms with Crippen molar-refractivity contribution in [3.05, 3.63) is 89.3 Å². The van der Waals surface area contributed by atoms with E-state index in [-0.39, 0.29) is 22.8 Å². The molecule has 4 heterocycles. The maximum Gasteiger partial charge on any atom is 0.291 e. The highest BCUT2D eigenvalue weighted by Gasteiger charge is 2.16. The van der Waals surface area contributed by atoms with Gasteiger partial charge in [-0.15, -0.1) is 10.2 Å². The lowest BCUT2D eigenvalue weighted by molar-refractivity contribution is 0.0997. The molecule has 5 rings (SSSR count). The van der Waals surface area contributed by atoms with E-state index in [0.717, 1.165) is 0 Å². The smallest absolute Gasteiger partial charge is 0.291 e. The molecule has 0 bridgehead atoms. The van der Waals surface area contributed by atoms with Crippen LogP contribution in [0.5, 0.6) is 0 Å². The molecule has 1 amide bonds. The van der Waals surface area contributed by atoms with Crippen LogP contribution in [0.25, 0.3) is 22.5 Å². The molecule has 4 aromatic heterocycles. The van der Waals surface area contributed by atoms with Crippen molar-refractivity contribution in [1.82, 2.24) is 24.7 Å². The first-order chi connectivity index (χ1) is 17.0. The Morgan fingerprint density at radius 1 is 1.09 bits per heavy atom. The lowest BCUT2D eigenvalue weighted by Crippen LogP contribution is -2.15. The van der Waals surface area contributed by atoms with Crippen LogP contribution in [0.15, 0.2) is 82.5 Å². The summed E-state index contributed by atoms with van der Waals surface area (Å²) in [6.45, 7) is 4.07. The largest absolute Gasteiger partial charge is 0.451 e. The number of benzene rings is 1. The first-order valence-corrected chi connectivity index (χ1v) is 10.9. The molecule has 174 valence electrons. The van der Waals surface area contributed by atoms with Gasteiger partial charge in [0.2, 0.25) is 0 Å². The van der Waals surface area contributed by atoms with E-state index in [0.29, 0.717) is 34.1 Å². The zero-order valence-electron chi connectivity index (χ0n) is 19.0. The Balaban J connectivity index is 1.46. The normalized spacial score (nSPS) is 11.1. The van der Waals surface area contributed by atoms with Gasteiger partial charge >= 0.3 is 0 Å². The summed E-state index contributed by atoms with van der Waals surface area (Å²) in [7, 11) is 0. The van der Waals surface area contributed by atoms with Gasteiger partial charge in [0.1, 0.15) is 23.4 Å². The van der Waals surface area contributed by atoms with Crippen LogP contribution < -0.4 is 16.1 Å². The van der Waals surface area contributed by atoms with Gasteiger partial charge in [0.15, 0.2) is 17.0 Å². The number of nitrogens with zero attached hydrogens (tertiary/aromatic N) is 5. The lowest BCUT2D eigenvalue weighted by Gasteiger charge is -2.12. The van der Waals surface area contributed by atoms with E-state index in [2.05, 4.69) is 30.8 Å². The van der Waals surface area contributed by atoms with E-state index in [1.54, 1.807) is 48.9 Å². The summed E-state index contributed by atoms with van der Waals surface area (Å²) in [5.41, 5.74) is 1.55. The molecule has 0 aliphatic heterocycles. The first kappa shape index (κ1) is 22.0. The Labute approximate surface area is 199 Å². The SMILES string of the molecule is CC(C)n1cnnc1-c1cccc(Nc2cccc3oc(C(=O)Nc4cccnc4)cc(=O)c23)n1. The maximum absolute atomic E-state index is 13.0. The van der Waals surface area contributed by atoms with Crippen LogP contribution in [0.2, 0.25) is 0 Å². The zero-order valence-corrected chi connectivity index (χ0v) is 19.0. The van der Waals surface area contributed by atoms with Crippen LogP contribution in [-0.4, -0.2) is 30.6 Å². The van der Waals surface area contributed by atoms with Gasteiger partial charge in [0.25, 0.3) is 5.91 Å². The molecule has 10 nitrogen and oxygen atoms in total. The molecule has 0 fully saturated rings. The maximum atomic E-state index is 13.0. The van der Waals surface area contributed by atoms with Crippen molar-refractivity contribution in [3.8, 4) is 11.5 Å². The van der Waals surface area contributed by atoms with Crippen molar-refractivity contribution in [3.63, 3.8) is 0 Å². The number of carbonyl (C=O) groups excluding carboxylic acids is 1. The molecule has 35 heavy (non-hydrogen) atoms. The Bertz CT molecular complexity index is 1580. The highest BCUT2D eigenvalue weighted by molar-refractivity contribution is 6.03. The summed E-state index contributed by atoms with van der Waals surface area (Å²) >= 11 is 0. The van der Waals surface area contributed by atoms with Gasteiger partial charge < -0.3 is 19.6 Å². The standard InChI is InChI=1S/C25H21N7O3/c1-15(2)32-14-27-31-24(32)18-8-4-10-22(30-18)29-17-7-3-9-20-23(17)19(33)12-21(35-20)25(34)28-16-6-5-11-26-13-16/h3-15H,1-2H3,(H,28,34)(H,29,30). The molecule has 10 heteroatoms. The number of amides is 1. The molecule has 0 aliphatic rings. The van der Waals surface area contributed by atoms with Crippen LogP contribution in [0.4, 0.5) is 17.2 Å². The number of pyridine rings is 2. The summed E-state index contributed by atoms with van der Waals surface area (Å²) in [5.74, 6) is 0.520. The molecule has 1 aromatic carbocycles. The van der Waals surface area contributed by atoms with E-state index in [4.69, 9.17) is 4.42 Å². The molecular formula is C25H21N7O3. The fourth-order valence-corrected chi connectivity index (χ4v) is 3.63. The molecule has 0 radical (unpaired) electrons. The van der Waals surface area contributed by atoms with E-state index < -0.39 is 5.91 Å². The monoisotopic (exact) mass is 467 g/mol. The average molecular weight is 467 g/mol. The number of fused-ring (bicyclic) bond motifs is 1. The molecule has 5 aromatic rings. The Kier molecular flexibility index (Phi) is 5.76. The molecule has 0 unspecified atom stereocenters. The van der Waals surface area contributed by atoms with Crippen molar-refractivity contribution in [2.24, 2.45) is 0 Å². The second-order valence-corrected chi connectivity index (χ2v) is 8.04. The molecule has 0 atom stereocenters. The fourth-order valence-electron chi connectivity index (χ4n) is 3.63. The van der Waals surface area contributed by atoms with Crippen LogP contribution in [0.3, 0.4) is 0 Å². The number of hydrogen-bond donors (Lipinski definition) is 2. The molecular weight excluding hydrogens is 446 g/mol. The van der Waals surface area contributed by atoms with Crippen LogP contribution in [-0.2, 0) is 0 Å². The summed E-state index contributed by atoms with van der Waals surface area (Å²) in [5, 5.41) is 14.4. The Hall–Kier alpha value is -4.86. The van der Waals surface area contributed by atoms with Gasteiger partial charge in [-0.1, -0.05) is 12.1 Å². The quantitative estimate of drug-likeness (QED) is 0.376. The minimum absolute atomic E-state index is 0.100. The van der Waals surface area contributed by atoms with E-state index in [1.807, 2.05) is 30.5 Å². The minimum Gasteiger partial charge on any atom is -0.451 e. The highest BCUT2D eigenvalue weighted by Crippen LogP contribution is 2.26. The summed E-state index contributed by atoms with van der Waals surface area (Å²) in [6, 6.07) is 15.3. The molecule has 0 saturated heterocycles. The Morgan fingerprint density at radius 2 is 1.94 bits per heavy atom. The third kappa shape index (κ3) is 4.49. The first-order valence-electron chi connectivity index (χ1n) is 10.9. The van der Waals surface area contributed by atoms with Crippen LogP contribution >= 0.6 is 0 Å². The predicted molar refractivity (Wildman–Crippen MR) is 132 cm³/mol. The second kappa shape index (κ2) is 9.18. The van der Waals surface area contributed by atoms with E-state index in [1.165, 1.54) is 12.3 Å². The summed E-state index contributed by atoms with van der Waals surface area (Å²) in [4.78, 5) is 34.2. The van der Waals surface area contributed by atoms with Crippen molar-refractivity contribution in [2.75, 3.05) is 10.6 Å². The fraction of sp³-hybridized carbons (Fsp3) is 0.120. The topological polar surface area (TPSA) is 128 Å². The third-order valence-electron chi connectivity index (χ3n) is 5.27. The summed E-state index contributed by atoms with van der Waals surface area (Å²) in [6.07, 6.45) is 4.77. The van der Waals surface area contributed by atoms with Gasteiger partial charge in [0, 0.05) is 18.3 Å². The molecule has 2 N–H and O–H groups in total. The minimum atomic E-state index is -0.543. The average Bonchev–Trinajstić information content (AvgIpc) is 3.35. The van der Waals surface area contributed by atoms with Crippen molar-refractivity contribution in [2.45, 2.75) is 19.9 Å². The van der Waals surface area contributed by atoms with Crippen molar-refractivity contribution in [1.29, 1.82) is 0 Å². The lowest BCUT2D eigenvalue weighted by atomic mass is 10.1. The van der Waals surface area contributed by atoms with Gasteiger partial charge in [-0.25, -0.2) is 4.98 Å². The number of rotatable bonds is 6. The van der Waals surface area contributed by atoms with Crippen LogP contribution in [0.1, 0.15) is 30.4 Å². The van der Waals surface area contributed by atoms with E-state index >= 15 is 0 Å². The third-order valence-corrected chi connectivity index (χ3v) is 5.27. The number of nitrogens with one attached hydrogen (secondary N) is 2. The van der Waals surface area contributed by atoms with Gasteiger partial charge in [-0.2, -0.15) is 0 Å². The number of carbonyl (C=O) groups is 1. The van der Waals surface area contributed by atoms with Crippen LogP contribution in [0, 0.1) is 0 Å². The predicted octanol–water partition coefficient (Wildman–Crippen LogP) is 4.42. The van der Waals surface area contributed by atoms with Gasteiger partial charge in [0.05, 0.1) is 23.0 Å². The molecule has 0 spiro atoms. The molecule has 0 saturated carbocycles. The number of hydrogen-bond acceptors (Lipinski definition) is 8. The summed E-state index contributed by atoms with van der Waals surface area (Å²) < 4.78 is 7.69. The van der Waals surface area contributed by atoms with E-state index in [9.17, 15) is 9.59 Å².